The quantitative estimate of drug-likeness (QED) is 0.463. The van der Waals surface area contributed by atoms with Crippen LogP contribution in [0.25, 0.3) is 11.0 Å². The number of pyridine rings is 1. The number of nitrogens with zero attached hydrogens (tertiary/aromatic N) is 2. The largest absolute Gasteiger partial charge is 0.450 e. The Morgan fingerprint density at radius 2 is 1.71 bits per heavy atom. The van der Waals surface area contributed by atoms with Gasteiger partial charge in [-0.15, -0.1) is 0 Å². The van der Waals surface area contributed by atoms with Gasteiger partial charge in [0.05, 0.1) is 17.0 Å². The van der Waals surface area contributed by atoms with Crippen molar-refractivity contribution >= 4 is 22.7 Å². The number of hydrogen-bond acceptors (Lipinski definition) is 4. The van der Waals surface area contributed by atoms with E-state index < -0.39 is 17.8 Å². The lowest BCUT2D eigenvalue weighted by atomic mass is 9.97. The summed E-state index contributed by atoms with van der Waals surface area (Å²) in [7, 11) is 0. The van der Waals surface area contributed by atoms with Gasteiger partial charge in [-0.1, -0.05) is 24.3 Å². The van der Waals surface area contributed by atoms with E-state index in [1.165, 1.54) is 11.0 Å². The maximum Gasteiger partial charge on any atom is 0.296 e. The highest BCUT2D eigenvalue weighted by atomic mass is 19.1. The Hall–Kier alpha value is -3.80. The summed E-state index contributed by atoms with van der Waals surface area (Å²) in [5, 5.41) is 0.370. The number of aromatic nitrogens is 1. The molecule has 6 heteroatoms. The summed E-state index contributed by atoms with van der Waals surface area (Å²) in [6.07, 6.45) is 0. The second-order valence-electron chi connectivity index (χ2n) is 7.84. The molecule has 31 heavy (non-hydrogen) atoms. The van der Waals surface area contributed by atoms with Gasteiger partial charge in [0.1, 0.15) is 17.2 Å². The monoisotopic (exact) mass is 414 g/mol. The second-order valence-corrected chi connectivity index (χ2v) is 7.84. The van der Waals surface area contributed by atoms with Crippen LogP contribution in [0, 0.1) is 26.6 Å². The van der Waals surface area contributed by atoms with E-state index in [1.807, 2.05) is 13.8 Å². The number of benzene rings is 2. The zero-order valence-electron chi connectivity index (χ0n) is 17.3. The van der Waals surface area contributed by atoms with Crippen molar-refractivity contribution in [2.24, 2.45) is 0 Å². The van der Waals surface area contributed by atoms with Crippen LogP contribution in [0.2, 0.25) is 0 Å². The molecule has 5 nitrogen and oxygen atoms in total. The van der Waals surface area contributed by atoms with Gasteiger partial charge in [-0.05, 0) is 62.2 Å². The summed E-state index contributed by atoms with van der Waals surface area (Å²) in [4.78, 5) is 32.9. The van der Waals surface area contributed by atoms with Crippen molar-refractivity contribution in [3.63, 3.8) is 0 Å². The fraction of sp³-hybridized carbons (Fsp3) is 0.160. The Morgan fingerprint density at radius 3 is 2.45 bits per heavy atom. The highest BCUT2D eigenvalue weighted by molar-refractivity contribution is 6.10. The zero-order chi connectivity index (χ0) is 21.9. The summed E-state index contributed by atoms with van der Waals surface area (Å²) >= 11 is 0. The lowest BCUT2D eigenvalue weighted by Gasteiger charge is -2.24. The number of carbonyl (C=O) groups is 1. The molecule has 0 saturated heterocycles. The molecule has 0 spiro atoms. The Bertz CT molecular complexity index is 1440. The molecule has 5 rings (SSSR count). The van der Waals surface area contributed by atoms with Crippen LogP contribution in [-0.2, 0) is 0 Å². The van der Waals surface area contributed by atoms with Gasteiger partial charge in [0, 0.05) is 11.3 Å². The molecule has 2 aromatic carbocycles. The van der Waals surface area contributed by atoms with Crippen LogP contribution in [0.4, 0.5) is 10.2 Å². The van der Waals surface area contributed by atoms with Crippen LogP contribution in [0.15, 0.2) is 63.8 Å². The topological polar surface area (TPSA) is 63.4 Å². The van der Waals surface area contributed by atoms with E-state index in [2.05, 4.69) is 4.98 Å². The average molecular weight is 414 g/mol. The second kappa shape index (κ2) is 6.87. The van der Waals surface area contributed by atoms with Crippen molar-refractivity contribution in [1.82, 2.24) is 4.98 Å². The van der Waals surface area contributed by atoms with Crippen molar-refractivity contribution in [2.45, 2.75) is 26.8 Å². The minimum atomic E-state index is -0.972. The number of halogens is 1. The van der Waals surface area contributed by atoms with Gasteiger partial charge in [0.15, 0.2) is 5.43 Å². The minimum absolute atomic E-state index is 0.0719. The molecule has 1 atom stereocenters. The predicted octanol–water partition coefficient (Wildman–Crippen LogP) is 5.00. The molecule has 1 aliphatic heterocycles. The molecule has 4 aromatic rings. The van der Waals surface area contributed by atoms with Gasteiger partial charge < -0.3 is 4.42 Å². The summed E-state index contributed by atoms with van der Waals surface area (Å²) in [5.41, 5.74) is 2.93. The summed E-state index contributed by atoms with van der Waals surface area (Å²) in [6, 6.07) is 13.9. The zero-order valence-corrected chi connectivity index (χ0v) is 17.3. The molecular weight excluding hydrogens is 395 g/mol. The molecule has 1 aliphatic rings. The Labute approximate surface area is 177 Å². The number of carbonyl (C=O) groups excluding carboxylic acids is 1. The fourth-order valence-electron chi connectivity index (χ4n) is 4.12. The van der Waals surface area contributed by atoms with Crippen LogP contribution in [0.1, 0.15) is 44.5 Å². The van der Waals surface area contributed by atoms with Gasteiger partial charge in [-0.25, -0.2) is 9.37 Å². The molecule has 0 aliphatic carbocycles. The smallest absolute Gasteiger partial charge is 0.296 e. The van der Waals surface area contributed by atoms with E-state index in [0.717, 1.165) is 11.1 Å². The third-order valence-electron chi connectivity index (χ3n) is 5.81. The van der Waals surface area contributed by atoms with Gasteiger partial charge in [0.25, 0.3) is 5.91 Å². The maximum atomic E-state index is 14.9. The van der Waals surface area contributed by atoms with E-state index in [1.54, 1.807) is 55.5 Å². The first kappa shape index (κ1) is 19.2. The molecule has 0 unspecified atom stereocenters. The number of aryl methyl sites for hydroxylation is 3. The Kier molecular flexibility index (Phi) is 4.25. The van der Waals surface area contributed by atoms with Crippen molar-refractivity contribution in [2.75, 3.05) is 4.90 Å². The standard InChI is InChI=1S/C25H19FN2O3/c1-13-11-17-19(12-14(13)2)31-24-21(23(17)29)22(16-8-4-5-9-18(16)26)28(25(24)30)20-10-6-7-15(3)27-20/h4-12,22H,1-3H3/t22-/m0/s1. The molecule has 154 valence electrons. The average Bonchev–Trinajstić information content (AvgIpc) is 3.02. The molecule has 2 aromatic heterocycles. The van der Waals surface area contributed by atoms with Crippen molar-refractivity contribution < 1.29 is 13.6 Å². The van der Waals surface area contributed by atoms with Gasteiger partial charge in [-0.3, -0.25) is 14.5 Å². The molecule has 0 radical (unpaired) electrons. The highest BCUT2D eigenvalue weighted by Crippen LogP contribution is 2.41. The lowest BCUT2D eigenvalue weighted by molar-refractivity contribution is 0.0970. The Morgan fingerprint density at radius 1 is 0.968 bits per heavy atom. The molecular formula is C25H19FN2O3. The summed E-state index contributed by atoms with van der Waals surface area (Å²) in [5.74, 6) is -0.762. The van der Waals surface area contributed by atoms with Crippen LogP contribution in [-0.4, -0.2) is 10.9 Å². The molecule has 0 saturated carbocycles. The van der Waals surface area contributed by atoms with E-state index in [4.69, 9.17) is 4.42 Å². The summed E-state index contributed by atoms with van der Waals surface area (Å²) in [6.45, 7) is 5.62. The first-order valence-electron chi connectivity index (χ1n) is 9.96. The number of rotatable bonds is 2. The lowest BCUT2D eigenvalue weighted by Crippen LogP contribution is -2.31. The summed E-state index contributed by atoms with van der Waals surface area (Å²) < 4.78 is 20.9. The molecule has 0 bridgehead atoms. The van der Waals surface area contributed by atoms with Gasteiger partial charge >= 0.3 is 0 Å². The first-order chi connectivity index (χ1) is 14.9. The SMILES string of the molecule is Cc1cccc(N2C(=O)c3oc4cc(C)c(C)cc4c(=O)c3[C@@H]2c2ccccc2F)n1. The predicted molar refractivity (Wildman–Crippen MR) is 116 cm³/mol. The molecule has 0 fully saturated rings. The number of fused-ring (bicyclic) bond motifs is 2. The van der Waals surface area contributed by atoms with E-state index >= 15 is 0 Å². The third-order valence-corrected chi connectivity index (χ3v) is 5.81. The first-order valence-corrected chi connectivity index (χ1v) is 9.96. The van der Waals surface area contributed by atoms with Crippen LogP contribution < -0.4 is 10.3 Å². The minimum Gasteiger partial charge on any atom is -0.450 e. The van der Waals surface area contributed by atoms with E-state index in [-0.39, 0.29) is 22.3 Å². The van der Waals surface area contributed by atoms with Crippen molar-refractivity contribution in [3.05, 3.63) is 104 Å². The number of anilines is 1. The van der Waals surface area contributed by atoms with Gasteiger partial charge in [-0.2, -0.15) is 0 Å². The molecule has 1 amide bonds. The van der Waals surface area contributed by atoms with Crippen molar-refractivity contribution in [3.8, 4) is 0 Å². The highest BCUT2D eigenvalue weighted by Gasteiger charge is 2.45. The van der Waals surface area contributed by atoms with Gasteiger partial charge in [0.2, 0.25) is 5.76 Å². The molecule has 0 N–H and O–H groups in total. The maximum absolute atomic E-state index is 14.9. The molecule has 3 heterocycles. The number of amides is 1. The van der Waals surface area contributed by atoms with Crippen LogP contribution in [0.3, 0.4) is 0 Å². The normalized spacial score (nSPS) is 15.5. The van der Waals surface area contributed by atoms with Crippen LogP contribution >= 0.6 is 0 Å². The third kappa shape index (κ3) is 2.86. The van der Waals surface area contributed by atoms with E-state index in [9.17, 15) is 14.0 Å². The van der Waals surface area contributed by atoms with Crippen LogP contribution in [0.5, 0.6) is 0 Å². The van der Waals surface area contributed by atoms with Crippen molar-refractivity contribution in [1.29, 1.82) is 0 Å². The van der Waals surface area contributed by atoms with E-state index in [0.29, 0.717) is 22.5 Å². The Balaban J connectivity index is 1.86. The number of hydrogen-bond donors (Lipinski definition) is 0. The fourth-order valence-corrected chi connectivity index (χ4v) is 4.12.